The van der Waals surface area contributed by atoms with Crippen LogP contribution in [0.5, 0.6) is 0 Å². The summed E-state index contributed by atoms with van der Waals surface area (Å²) in [6.45, 7) is 13.8. The summed E-state index contributed by atoms with van der Waals surface area (Å²) in [6, 6.07) is 9.91. The lowest BCUT2D eigenvalue weighted by Crippen LogP contribution is -2.45. The lowest BCUT2D eigenvalue weighted by atomic mass is 9.93. The Labute approximate surface area is 124 Å². The molecule has 0 bridgehead atoms. The van der Waals surface area contributed by atoms with Gasteiger partial charge in [-0.15, -0.1) is 0 Å². The topological polar surface area (TPSA) is 15.3 Å². The van der Waals surface area contributed by atoms with Crippen LogP contribution < -0.4 is 5.32 Å². The number of piperazine rings is 1. The van der Waals surface area contributed by atoms with Crippen molar-refractivity contribution in [2.45, 2.75) is 46.1 Å². The second-order valence-electron chi connectivity index (χ2n) is 6.75. The van der Waals surface area contributed by atoms with Crippen LogP contribution in [0.15, 0.2) is 24.3 Å². The van der Waals surface area contributed by atoms with Crippen LogP contribution in [-0.4, -0.2) is 31.1 Å². The van der Waals surface area contributed by atoms with Crippen LogP contribution in [0.25, 0.3) is 0 Å². The van der Waals surface area contributed by atoms with Crippen molar-refractivity contribution in [2.75, 3.05) is 26.2 Å². The minimum Gasteiger partial charge on any atom is -0.314 e. The van der Waals surface area contributed by atoms with Crippen LogP contribution in [-0.2, 0) is 0 Å². The largest absolute Gasteiger partial charge is 0.314 e. The molecular formula is C18H30N2. The first kappa shape index (κ1) is 15.5. The van der Waals surface area contributed by atoms with Gasteiger partial charge in [-0.3, -0.25) is 4.90 Å². The Bertz CT molecular complexity index is 388. The highest BCUT2D eigenvalue weighted by Gasteiger charge is 2.22. The average Bonchev–Trinajstić information content (AvgIpc) is 2.45. The molecule has 2 rings (SSSR count). The van der Waals surface area contributed by atoms with Crippen LogP contribution in [0.1, 0.15) is 57.2 Å². The van der Waals surface area contributed by atoms with Gasteiger partial charge in [-0.1, -0.05) is 52.0 Å². The summed E-state index contributed by atoms with van der Waals surface area (Å²) in [4.78, 5) is 2.65. The number of nitrogens with zero attached hydrogens (tertiary/aromatic N) is 1. The van der Waals surface area contributed by atoms with E-state index in [9.17, 15) is 0 Å². The predicted octanol–water partition coefficient (Wildman–Crippen LogP) is 3.80. The Morgan fingerprint density at radius 3 is 2.00 bits per heavy atom. The molecule has 0 amide bonds. The Balaban J connectivity index is 2.16. The van der Waals surface area contributed by atoms with Gasteiger partial charge in [0.1, 0.15) is 0 Å². The molecule has 0 radical (unpaired) electrons. The molecule has 2 nitrogen and oxygen atoms in total. The summed E-state index contributed by atoms with van der Waals surface area (Å²) >= 11 is 0. The SMILES string of the molecule is CC(C)C[C@H](c1ccc(C(C)C)cc1)N1CCNCC1. The molecule has 2 heteroatoms. The Kier molecular flexibility index (Phi) is 5.62. The third kappa shape index (κ3) is 4.07. The van der Waals surface area contributed by atoms with Crippen molar-refractivity contribution < 1.29 is 0 Å². The molecule has 0 saturated carbocycles. The lowest BCUT2D eigenvalue weighted by molar-refractivity contribution is 0.154. The normalized spacial score (nSPS) is 18.7. The van der Waals surface area contributed by atoms with Crippen LogP contribution >= 0.6 is 0 Å². The van der Waals surface area contributed by atoms with E-state index in [1.54, 1.807) is 0 Å². The molecule has 1 aromatic carbocycles. The van der Waals surface area contributed by atoms with E-state index in [1.807, 2.05) is 0 Å². The first-order valence-corrected chi connectivity index (χ1v) is 8.12. The van der Waals surface area contributed by atoms with E-state index in [-0.39, 0.29) is 0 Å². The van der Waals surface area contributed by atoms with E-state index in [2.05, 4.69) is 62.2 Å². The van der Waals surface area contributed by atoms with E-state index in [4.69, 9.17) is 0 Å². The van der Waals surface area contributed by atoms with Crippen molar-refractivity contribution in [1.82, 2.24) is 10.2 Å². The molecule has 1 aliphatic heterocycles. The molecule has 1 atom stereocenters. The van der Waals surface area contributed by atoms with Gasteiger partial charge in [-0.2, -0.15) is 0 Å². The van der Waals surface area contributed by atoms with Gasteiger partial charge >= 0.3 is 0 Å². The molecule has 0 spiro atoms. The molecule has 0 unspecified atom stereocenters. The van der Waals surface area contributed by atoms with E-state index < -0.39 is 0 Å². The maximum Gasteiger partial charge on any atom is 0.0351 e. The van der Waals surface area contributed by atoms with Gasteiger partial charge in [0.2, 0.25) is 0 Å². The van der Waals surface area contributed by atoms with Gasteiger partial charge < -0.3 is 5.32 Å². The molecule has 1 heterocycles. The summed E-state index contributed by atoms with van der Waals surface area (Å²) in [5, 5.41) is 3.46. The zero-order valence-electron chi connectivity index (χ0n) is 13.5. The average molecular weight is 274 g/mol. The quantitative estimate of drug-likeness (QED) is 0.878. The smallest absolute Gasteiger partial charge is 0.0351 e. The van der Waals surface area contributed by atoms with Crippen molar-refractivity contribution in [2.24, 2.45) is 5.92 Å². The Morgan fingerprint density at radius 2 is 1.50 bits per heavy atom. The summed E-state index contributed by atoms with van der Waals surface area (Å²) in [6.07, 6.45) is 1.25. The van der Waals surface area contributed by atoms with Gasteiger partial charge in [0, 0.05) is 32.2 Å². The minimum atomic E-state index is 0.582. The zero-order chi connectivity index (χ0) is 14.5. The molecule has 1 aromatic rings. The standard InChI is InChI=1S/C18H30N2/c1-14(2)13-18(20-11-9-19-10-12-20)17-7-5-16(6-8-17)15(3)4/h5-8,14-15,18-19H,9-13H2,1-4H3/t18-/m1/s1. The fourth-order valence-corrected chi connectivity index (χ4v) is 3.04. The van der Waals surface area contributed by atoms with Crippen molar-refractivity contribution in [3.05, 3.63) is 35.4 Å². The maximum absolute atomic E-state index is 3.46. The molecule has 112 valence electrons. The van der Waals surface area contributed by atoms with Crippen molar-refractivity contribution in [1.29, 1.82) is 0 Å². The van der Waals surface area contributed by atoms with Crippen LogP contribution in [0.4, 0.5) is 0 Å². The van der Waals surface area contributed by atoms with Crippen molar-refractivity contribution in [3.8, 4) is 0 Å². The van der Waals surface area contributed by atoms with E-state index in [0.29, 0.717) is 12.0 Å². The minimum absolute atomic E-state index is 0.582. The zero-order valence-corrected chi connectivity index (χ0v) is 13.5. The molecule has 1 aliphatic rings. The van der Waals surface area contributed by atoms with E-state index in [1.165, 1.54) is 30.6 Å². The molecule has 1 saturated heterocycles. The lowest BCUT2D eigenvalue weighted by Gasteiger charge is -2.36. The van der Waals surface area contributed by atoms with Gasteiger partial charge in [-0.05, 0) is 29.4 Å². The van der Waals surface area contributed by atoms with E-state index >= 15 is 0 Å². The summed E-state index contributed by atoms with van der Waals surface area (Å²) in [5.41, 5.74) is 2.93. The summed E-state index contributed by atoms with van der Waals surface area (Å²) in [7, 11) is 0. The van der Waals surface area contributed by atoms with Gasteiger partial charge in [-0.25, -0.2) is 0 Å². The van der Waals surface area contributed by atoms with Crippen LogP contribution in [0.3, 0.4) is 0 Å². The first-order chi connectivity index (χ1) is 9.58. The molecule has 0 aromatic heterocycles. The molecular weight excluding hydrogens is 244 g/mol. The van der Waals surface area contributed by atoms with Crippen LogP contribution in [0.2, 0.25) is 0 Å². The molecule has 0 aliphatic carbocycles. The highest BCUT2D eigenvalue weighted by molar-refractivity contribution is 5.27. The third-order valence-electron chi connectivity index (χ3n) is 4.27. The van der Waals surface area contributed by atoms with Crippen LogP contribution in [0, 0.1) is 5.92 Å². The monoisotopic (exact) mass is 274 g/mol. The predicted molar refractivity (Wildman–Crippen MR) is 87.2 cm³/mol. The van der Waals surface area contributed by atoms with Gasteiger partial charge in [0.15, 0.2) is 0 Å². The number of nitrogens with one attached hydrogen (secondary N) is 1. The second-order valence-corrected chi connectivity index (χ2v) is 6.75. The molecule has 1 fully saturated rings. The summed E-state index contributed by atoms with van der Waals surface area (Å²) in [5.74, 6) is 1.35. The number of hydrogen-bond acceptors (Lipinski definition) is 2. The van der Waals surface area contributed by atoms with E-state index in [0.717, 1.165) is 19.0 Å². The van der Waals surface area contributed by atoms with Crippen molar-refractivity contribution in [3.63, 3.8) is 0 Å². The molecule has 20 heavy (non-hydrogen) atoms. The first-order valence-electron chi connectivity index (χ1n) is 8.12. The Hall–Kier alpha value is -0.860. The maximum atomic E-state index is 3.46. The number of rotatable bonds is 5. The summed E-state index contributed by atoms with van der Waals surface area (Å²) < 4.78 is 0. The fourth-order valence-electron chi connectivity index (χ4n) is 3.04. The Morgan fingerprint density at radius 1 is 0.950 bits per heavy atom. The van der Waals surface area contributed by atoms with Gasteiger partial charge in [0.05, 0.1) is 0 Å². The number of hydrogen-bond donors (Lipinski definition) is 1. The molecule has 1 N–H and O–H groups in total. The highest BCUT2D eigenvalue weighted by atomic mass is 15.2. The van der Waals surface area contributed by atoms with Gasteiger partial charge in [0.25, 0.3) is 0 Å². The van der Waals surface area contributed by atoms with Crippen molar-refractivity contribution >= 4 is 0 Å². The highest BCUT2D eigenvalue weighted by Crippen LogP contribution is 2.29. The fraction of sp³-hybridized carbons (Fsp3) is 0.667. The third-order valence-corrected chi connectivity index (χ3v) is 4.27. The second kappa shape index (κ2) is 7.24. The number of benzene rings is 1.